The smallest absolute Gasteiger partial charge is 0.123 e. The van der Waals surface area contributed by atoms with Gasteiger partial charge in [-0.15, -0.1) is 0 Å². The maximum atomic E-state index is 13.2. The molecule has 0 spiro atoms. The number of hydrogen-bond acceptors (Lipinski definition) is 3. The molecule has 0 aliphatic rings. The monoisotopic (exact) mass is 274 g/mol. The molecule has 1 atom stereocenters. The summed E-state index contributed by atoms with van der Waals surface area (Å²) < 4.78 is 13.2. The van der Waals surface area contributed by atoms with Crippen molar-refractivity contribution in [1.29, 1.82) is 0 Å². The largest absolute Gasteiger partial charge is 0.394 e. The van der Waals surface area contributed by atoms with Gasteiger partial charge in [-0.3, -0.25) is 0 Å². The van der Waals surface area contributed by atoms with Crippen LogP contribution in [0.5, 0.6) is 0 Å². The van der Waals surface area contributed by atoms with Crippen molar-refractivity contribution in [2.45, 2.75) is 19.0 Å². The summed E-state index contributed by atoms with van der Waals surface area (Å²) in [4.78, 5) is 0. The summed E-state index contributed by atoms with van der Waals surface area (Å²) in [5.41, 5.74) is 8.23. The van der Waals surface area contributed by atoms with Crippen LogP contribution in [-0.2, 0) is 13.0 Å². The number of rotatable bonds is 6. The van der Waals surface area contributed by atoms with Crippen molar-refractivity contribution in [3.63, 3.8) is 0 Å². The summed E-state index contributed by atoms with van der Waals surface area (Å²) in [5, 5.41) is 12.7. The maximum absolute atomic E-state index is 13.2. The third kappa shape index (κ3) is 3.79. The number of aliphatic hydroxyl groups excluding tert-OH is 1. The maximum Gasteiger partial charge on any atom is 0.123 e. The molecule has 4 N–H and O–H groups in total. The zero-order valence-electron chi connectivity index (χ0n) is 11.2. The Kier molecular flexibility index (Phi) is 5.09. The molecule has 0 amide bonds. The minimum atomic E-state index is -0.306. The zero-order valence-corrected chi connectivity index (χ0v) is 11.2. The van der Waals surface area contributed by atoms with Gasteiger partial charge in [0.2, 0.25) is 0 Å². The van der Waals surface area contributed by atoms with Crippen molar-refractivity contribution in [2.24, 2.45) is 5.73 Å². The van der Waals surface area contributed by atoms with E-state index < -0.39 is 0 Å². The summed E-state index contributed by atoms with van der Waals surface area (Å²) in [6.07, 6.45) is 0.693. The van der Waals surface area contributed by atoms with Crippen LogP contribution in [-0.4, -0.2) is 17.8 Å². The van der Waals surface area contributed by atoms with Crippen LogP contribution in [0.25, 0.3) is 0 Å². The fraction of sp³-hybridized carbons (Fsp3) is 0.250. The number of hydrogen-bond donors (Lipinski definition) is 3. The molecule has 0 saturated heterocycles. The van der Waals surface area contributed by atoms with Gasteiger partial charge in [0.05, 0.1) is 12.6 Å². The molecule has 0 saturated carbocycles. The number of aliphatic hydroxyl groups is 1. The minimum absolute atomic E-state index is 0.00369. The van der Waals surface area contributed by atoms with Crippen LogP contribution in [0, 0.1) is 5.82 Å². The van der Waals surface area contributed by atoms with Crippen molar-refractivity contribution in [2.75, 3.05) is 11.9 Å². The van der Waals surface area contributed by atoms with E-state index in [9.17, 15) is 9.50 Å². The standard InChI is InChI=1S/C16H19FN2O/c17-14-6-7-16(13(9-14)10-18)19-15(11-20)8-12-4-2-1-3-5-12/h1-7,9,15,19-20H,8,10-11,18H2. The Bertz CT molecular complexity index is 545. The molecule has 2 aromatic rings. The van der Waals surface area contributed by atoms with E-state index in [-0.39, 0.29) is 25.0 Å². The molecule has 0 aliphatic carbocycles. The van der Waals surface area contributed by atoms with Crippen LogP contribution in [0.2, 0.25) is 0 Å². The molecule has 3 nitrogen and oxygen atoms in total. The Balaban J connectivity index is 2.10. The first-order valence-electron chi connectivity index (χ1n) is 6.62. The average molecular weight is 274 g/mol. The first kappa shape index (κ1) is 14.5. The Hall–Kier alpha value is -1.91. The Morgan fingerprint density at radius 2 is 1.90 bits per heavy atom. The normalized spacial score (nSPS) is 12.2. The molecular weight excluding hydrogens is 255 g/mol. The van der Waals surface area contributed by atoms with Crippen molar-refractivity contribution in [3.05, 3.63) is 65.5 Å². The number of nitrogens with one attached hydrogen (secondary N) is 1. The van der Waals surface area contributed by atoms with E-state index in [2.05, 4.69) is 5.32 Å². The van der Waals surface area contributed by atoms with Crippen molar-refractivity contribution < 1.29 is 9.50 Å². The van der Waals surface area contributed by atoms with E-state index in [0.29, 0.717) is 12.0 Å². The second kappa shape index (κ2) is 7.03. The first-order valence-corrected chi connectivity index (χ1v) is 6.62. The predicted molar refractivity (Wildman–Crippen MR) is 78.9 cm³/mol. The Morgan fingerprint density at radius 3 is 2.55 bits per heavy atom. The van der Waals surface area contributed by atoms with E-state index >= 15 is 0 Å². The molecule has 0 radical (unpaired) electrons. The molecule has 0 bridgehead atoms. The summed E-state index contributed by atoms with van der Waals surface area (Å²) in [5.74, 6) is -0.306. The molecule has 1 unspecified atom stereocenters. The Labute approximate surface area is 118 Å². The highest BCUT2D eigenvalue weighted by Crippen LogP contribution is 2.18. The molecule has 0 fully saturated rings. The van der Waals surface area contributed by atoms with E-state index in [1.165, 1.54) is 12.1 Å². The SMILES string of the molecule is NCc1cc(F)ccc1NC(CO)Cc1ccccc1. The molecule has 0 aromatic heterocycles. The van der Waals surface area contributed by atoms with Crippen LogP contribution >= 0.6 is 0 Å². The lowest BCUT2D eigenvalue weighted by atomic mass is 10.1. The summed E-state index contributed by atoms with van der Waals surface area (Å²) in [7, 11) is 0. The molecule has 0 aliphatic heterocycles. The molecule has 20 heavy (non-hydrogen) atoms. The number of nitrogens with two attached hydrogens (primary N) is 1. The van der Waals surface area contributed by atoms with Gasteiger partial charge in [-0.1, -0.05) is 30.3 Å². The molecule has 2 rings (SSSR count). The third-order valence-electron chi connectivity index (χ3n) is 3.19. The quantitative estimate of drug-likeness (QED) is 0.757. The summed E-state index contributed by atoms with van der Waals surface area (Å²) >= 11 is 0. The highest BCUT2D eigenvalue weighted by Gasteiger charge is 2.11. The number of benzene rings is 2. The van der Waals surface area contributed by atoms with Gasteiger partial charge >= 0.3 is 0 Å². The van der Waals surface area contributed by atoms with E-state index in [0.717, 1.165) is 11.3 Å². The van der Waals surface area contributed by atoms with Gasteiger partial charge < -0.3 is 16.2 Å². The summed E-state index contributed by atoms with van der Waals surface area (Å²) in [6, 6.07) is 14.2. The topological polar surface area (TPSA) is 58.3 Å². The fourth-order valence-electron chi connectivity index (χ4n) is 2.15. The van der Waals surface area contributed by atoms with Crippen LogP contribution < -0.4 is 11.1 Å². The third-order valence-corrected chi connectivity index (χ3v) is 3.19. The lowest BCUT2D eigenvalue weighted by Gasteiger charge is -2.20. The first-order chi connectivity index (χ1) is 9.72. The lowest BCUT2D eigenvalue weighted by Crippen LogP contribution is -2.27. The minimum Gasteiger partial charge on any atom is -0.394 e. The lowest BCUT2D eigenvalue weighted by molar-refractivity contribution is 0.273. The van der Waals surface area contributed by atoms with Crippen LogP contribution in [0.4, 0.5) is 10.1 Å². The van der Waals surface area contributed by atoms with Gasteiger partial charge in [0.15, 0.2) is 0 Å². The van der Waals surface area contributed by atoms with E-state index in [1.807, 2.05) is 30.3 Å². The second-order valence-electron chi connectivity index (χ2n) is 4.72. The van der Waals surface area contributed by atoms with E-state index in [1.54, 1.807) is 6.07 Å². The van der Waals surface area contributed by atoms with E-state index in [4.69, 9.17) is 5.73 Å². The van der Waals surface area contributed by atoms with Gasteiger partial charge in [-0.25, -0.2) is 4.39 Å². The molecular formula is C16H19FN2O. The molecule has 106 valence electrons. The van der Waals surface area contributed by atoms with Crippen LogP contribution in [0.3, 0.4) is 0 Å². The highest BCUT2D eigenvalue weighted by atomic mass is 19.1. The number of halogens is 1. The molecule has 4 heteroatoms. The second-order valence-corrected chi connectivity index (χ2v) is 4.72. The molecule has 2 aromatic carbocycles. The predicted octanol–water partition coefficient (Wildman–Crippen LogP) is 2.30. The summed E-state index contributed by atoms with van der Waals surface area (Å²) in [6.45, 7) is 0.250. The van der Waals surface area contributed by atoms with Gasteiger partial charge in [0, 0.05) is 12.2 Å². The van der Waals surface area contributed by atoms with Crippen molar-refractivity contribution >= 4 is 5.69 Å². The zero-order chi connectivity index (χ0) is 14.4. The fourth-order valence-corrected chi connectivity index (χ4v) is 2.15. The average Bonchev–Trinajstić information content (AvgIpc) is 2.49. The van der Waals surface area contributed by atoms with Gasteiger partial charge in [0.1, 0.15) is 5.82 Å². The Morgan fingerprint density at radius 1 is 1.15 bits per heavy atom. The van der Waals surface area contributed by atoms with Gasteiger partial charge in [-0.05, 0) is 35.7 Å². The molecule has 0 heterocycles. The highest BCUT2D eigenvalue weighted by molar-refractivity contribution is 5.52. The van der Waals surface area contributed by atoms with Crippen LogP contribution in [0.1, 0.15) is 11.1 Å². The van der Waals surface area contributed by atoms with Crippen molar-refractivity contribution in [1.82, 2.24) is 0 Å². The number of anilines is 1. The van der Waals surface area contributed by atoms with Gasteiger partial charge in [0.25, 0.3) is 0 Å². The van der Waals surface area contributed by atoms with Gasteiger partial charge in [-0.2, -0.15) is 0 Å². The van der Waals surface area contributed by atoms with Crippen LogP contribution in [0.15, 0.2) is 48.5 Å². The van der Waals surface area contributed by atoms with Crippen molar-refractivity contribution in [3.8, 4) is 0 Å².